The summed E-state index contributed by atoms with van der Waals surface area (Å²) in [6.07, 6.45) is 13.8. The molecular weight excluding hydrogens is 436 g/mol. The predicted molar refractivity (Wildman–Crippen MR) is 145 cm³/mol. The minimum atomic E-state index is -0.913. The highest BCUT2D eigenvalue weighted by molar-refractivity contribution is 5.97. The molecule has 0 aromatic heterocycles. The topological polar surface area (TPSA) is 55.8 Å². The average Bonchev–Trinajstić information content (AvgIpc) is 2.87. The van der Waals surface area contributed by atoms with Crippen LogP contribution in [0.3, 0.4) is 0 Å². The molecule has 0 saturated heterocycles. The van der Waals surface area contributed by atoms with Crippen molar-refractivity contribution >= 4 is 5.97 Å². The molecule has 0 aliphatic rings. The monoisotopic (exact) mass is 482 g/mol. The summed E-state index contributed by atoms with van der Waals surface area (Å²) < 4.78 is 12.1. The van der Waals surface area contributed by atoms with Crippen molar-refractivity contribution in [3.05, 3.63) is 53.6 Å². The highest BCUT2D eigenvalue weighted by Gasteiger charge is 2.22. The Bertz CT molecular complexity index is 844. The van der Waals surface area contributed by atoms with E-state index in [4.69, 9.17) is 9.47 Å². The van der Waals surface area contributed by atoms with Gasteiger partial charge in [0.25, 0.3) is 0 Å². The lowest BCUT2D eigenvalue weighted by atomic mass is 9.92. The van der Waals surface area contributed by atoms with E-state index in [1.807, 2.05) is 42.5 Å². The number of unbranched alkanes of at least 4 members (excludes halogenated alkanes) is 9. The fraction of sp³-hybridized carbons (Fsp3) is 0.581. The molecule has 1 atom stereocenters. The molecule has 0 fully saturated rings. The SMILES string of the molecule is CCCCCCCCOc1ccc(-c2cccc(C(CC)OCCCCCCC)c2C(=O)O)cc1. The minimum Gasteiger partial charge on any atom is -0.494 e. The third-order valence-corrected chi connectivity index (χ3v) is 6.53. The summed E-state index contributed by atoms with van der Waals surface area (Å²) in [7, 11) is 0. The van der Waals surface area contributed by atoms with Crippen molar-refractivity contribution < 1.29 is 19.4 Å². The van der Waals surface area contributed by atoms with Crippen molar-refractivity contribution in [1.29, 1.82) is 0 Å². The van der Waals surface area contributed by atoms with Crippen molar-refractivity contribution in [3.63, 3.8) is 0 Å². The molecule has 1 N–H and O–H groups in total. The lowest BCUT2D eigenvalue weighted by Gasteiger charge is -2.21. The highest BCUT2D eigenvalue weighted by Crippen LogP contribution is 2.33. The first-order valence-electron chi connectivity index (χ1n) is 13.8. The van der Waals surface area contributed by atoms with Crippen molar-refractivity contribution in [1.82, 2.24) is 0 Å². The predicted octanol–water partition coefficient (Wildman–Crippen LogP) is 9.23. The van der Waals surface area contributed by atoms with Crippen LogP contribution in [0, 0.1) is 0 Å². The first kappa shape index (κ1) is 28.9. The van der Waals surface area contributed by atoms with E-state index in [0.717, 1.165) is 54.7 Å². The summed E-state index contributed by atoms with van der Waals surface area (Å²) in [5, 5.41) is 10.1. The molecule has 0 amide bonds. The Morgan fingerprint density at radius 1 is 0.771 bits per heavy atom. The molecule has 2 aromatic rings. The zero-order valence-corrected chi connectivity index (χ0v) is 22.2. The van der Waals surface area contributed by atoms with Crippen molar-refractivity contribution in [2.45, 2.75) is 104 Å². The van der Waals surface area contributed by atoms with Crippen LogP contribution < -0.4 is 4.74 Å². The van der Waals surface area contributed by atoms with Crippen LogP contribution in [-0.2, 0) is 4.74 Å². The number of ether oxygens (including phenoxy) is 2. The Labute approximate surface area is 213 Å². The lowest BCUT2D eigenvalue weighted by Crippen LogP contribution is -2.12. The maximum Gasteiger partial charge on any atom is 0.336 e. The number of carboxylic acids is 1. The van der Waals surface area contributed by atoms with Gasteiger partial charge in [0.15, 0.2) is 0 Å². The number of carbonyl (C=O) groups is 1. The molecule has 0 aliphatic carbocycles. The van der Waals surface area contributed by atoms with E-state index < -0.39 is 5.97 Å². The lowest BCUT2D eigenvalue weighted by molar-refractivity contribution is 0.0449. The van der Waals surface area contributed by atoms with E-state index in [1.54, 1.807) is 0 Å². The molecule has 0 radical (unpaired) electrons. The minimum absolute atomic E-state index is 0.216. The zero-order valence-electron chi connectivity index (χ0n) is 22.2. The quantitative estimate of drug-likeness (QED) is 0.203. The van der Waals surface area contributed by atoms with E-state index >= 15 is 0 Å². The van der Waals surface area contributed by atoms with Gasteiger partial charge in [0.1, 0.15) is 5.75 Å². The van der Waals surface area contributed by atoms with Gasteiger partial charge in [0, 0.05) is 6.61 Å². The van der Waals surface area contributed by atoms with E-state index in [0.29, 0.717) is 12.2 Å². The van der Waals surface area contributed by atoms with Crippen LogP contribution in [0.15, 0.2) is 42.5 Å². The smallest absolute Gasteiger partial charge is 0.336 e. The number of aromatic carboxylic acids is 1. The Morgan fingerprint density at radius 3 is 1.97 bits per heavy atom. The van der Waals surface area contributed by atoms with Gasteiger partial charge in [-0.05, 0) is 48.1 Å². The summed E-state index contributed by atoms with van der Waals surface area (Å²) in [6, 6.07) is 13.5. The van der Waals surface area contributed by atoms with Crippen LogP contribution in [0.5, 0.6) is 5.75 Å². The van der Waals surface area contributed by atoms with E-state index in [1.165, 1.54) is 51.4 Å². The third kappa shape index (κ3) is 10.0. The summed E-state index contributed by atoms with van der Waals surface area (Å²) >= 11 is 0. The zero-order chi connectivity index (χ0) is 25.3. The van der Waals surface area contributed by atoms with Gasteiger partial charge in [0.05, 0.1) is 18.3 Å². The summed E-state index contributed by atoms with van der Waals surface area (Å²) in [5.74, 6) is -0.0859. The van der Waals surface area contributed by atoms with E-state index in [9.17, 15) is 9.90 Å². The molecule has 2 rings (SSSR count). The van der Waals surface area contributed by atoms with Gasteiger partial charge in [-0.15, -0.1) is 0 Å². The molecule has 0 aliphatic heterocycles. The Balaban J connectivity index is 2.03. The molecule has 0 bridgehead atoms. The average molecular weight is 483 g/mol. The van der Waals surface area contributed by atoms with E-state index in [-0.39, 0.29) is 6.10 Å². The normalized spacial score (nSPS) is 12.0. The third-order valence-electron chi connectivity index (χ3n) is 6.53. The van der Waals surface area contributed by atoms with Gasteiger partial charge >= 0.3 is 5.97 Å². The molecule has 194 valence electrons. The van der Waals surface area contributed by atoms with Crippen molar-refractivity contribution in [2.75, 3.05) is 13.2 Å². The van der Waals surface area contributed by atoms with Crippen LogP contribution >= 0.6 is 0 Å². The summed E-state index contributed by atoms with van der Waals surface area (Å²) in [6.45, 7) is 7.87. The van der Waals surface area contributed by atoms with Crippen molar-refractivity contribution in [2.24, 2.45) is 0 Å². The number of carboxylic acid groups (broad SMARTS) is 1. The number of hydrogen-bond acceptors (Lipinski definition) is 3. The summed E-state index contributed by atoms with van der Waals surface area (Å²) in [4.78, 5) is 12.3. The van der Waals surface area contributed by atoms with Gasteiger partial charge in [-0.3, -0.25) is 0 Å². The number of benzene rings is 2. The van der Waals surface area contributed by atoms with E-state index in [2.05, 4.69) is 20.8 Å². The van der Waals surface area contributed by atoms with Gasteiger partial charge in [0.2, 0.25) is 0 Å². The number of rotatable bonds is 19. The molecule has 0 saturated carbocycles. The van der Waals surface area contributed by atoms with Gasteiger partial charge in [-0.1, -0.05) is 109 Å². The molecular formula is C31H46O4. The molecule has 4 heteroatoms. The number of hydrogen-bond donors (Lipinski definition) is 1. The second-order valence-electron chi connectivity index (χ2n) is 9.40. The largest absolute Gasteiger partial charge is 0.494 e. The summed E-state index contributed by atoms with van der Waals surface area (Å²) in [5.41, 5.74) is 2.70. The van der Waals surface area contributed by atoms with Gasteiger partial charge < -0.3 is 14.6 Å². The second-order valence-corrected chi connectivity index (χ2v) is 9.40. The van der Waals surface area contributed by atoms with Crippen molar-refractivity contribution in [3.8, 4) is 16.9 Å². The maximum atomic E-state index is 12.3. The molecule has 0 spiro atoms. The molecule has 4 nitrogen and oxygen atoms in total. The Kier molecular flexibility index (Phi) is 14.2. The van der Waals surface area contributed by atoms with Crippen LogP contribution in [0.1, 0.15) is 120 Å². The molecule has 35 heavy (non-hydrogen) atoms. The van der Waals surface area contributed by atoms with Crippen LogP contribution in [0.4, 0.5) is 0 Å². The second kappa shape index (κ2) is 17.2. The standard InChI is InChI=1S/C31H46O4/c1-4-7-9-11-13-14-23-34-26-21-19-25(20-22-26)27-17-16-18-28(30(27)31(32)33)29(6-3)35-24-15-12-10-8-5-2/h16-22,29H,4-15,23-24H2,1-3H3,(H,32,33). The Morgan fingerprint density at radius 2 is 1.37 bits per heavy atom. The Hall–Kier alpha value is -2.33. The highest BCUT2D eigenvalue weighted by atomic mass is 16.5. The van der Waals surface area contributed by atoms with Crippen LogP contribution in [0.25, 0.3) is 11.1 Å². The van der Waals surface area contributed by atoms with Gasteiger partial charge in [-0.25, -0.2) is 4.79 Å². The molecule has 1 unspecified atom stereocenters. The maximum absolute atomic E-state index is 12.3. The first-order valence-corrected chi connectivity index (χ1v) is 13.8. The van der Waals surface area contributed by atoms with Gasteiger partial charge in [-0.2, -0.15) is 0 Å². The molecule has 2 aromatic carbocycles. The fourth-order valence-corrected chi connectivity index (χ4v) is 4.48. The fourth-order valence-electron chi connectivity index (χ4n) is 4.48. The van der Waals surface area contributed by atoms with Crippen LogP contribution in [-0.4, -0.2) is 24.3 Å². The van der Waals surface area contributed by atoms with Crippen LogP contribution in [0.2, 0.25) is 0 Å². The molecule has 0 heterocycles. The first-order chi connectivity index (χ1) is 17.1.